The van der Waals surface area contributed by atoms with Gasteiger partial charge < -0.3 is 0 Å². The number of thiol groups is 1. The summed E-state index contributed by atoms with van der Waals surface area (Å²) in [6, 6.07) is 3.80. The van der Waals surface area contributed by atoms with Gasteiger partial charge in [0.2, 0.25) is 0 Å². The van der Waals surface area contributed by atoms with E-state index in [1.54, 1.807) is 0 Å². The lowest BCUT2D eigenvalue weighted by Gasteiger charge is -2.10. The van der Waals surface area contributed by atoms with E-state index in [4.69, 9.17) is 23.8 Å². The average Bonchev–Trinajstić information content (AvgIpc) is 2.09. The van der Waals surface area contributed by atoms with Gasteiger partial charge in [0.15, 0.2) is 0 Å². The molecule has 0 saturated heterocycles. The predicted molar refractivity (Wildman–Crippen MR) is 66.3 cm³/mol. The van der Waals surface area contributed by atoms with Crippen molar-refractivity contribution in [3.05, 3.63) is 33.8 Å². The average molecular weight is 231 g/mol. The Kier molecular flexibility index (Phi) is 3.77. The normalized spacial score (nSPS) is 10.2. The molecular weight excluding hydrogens is 220 g/mol. The molecule has 1 aromatic carbocycles. The van der Waals surface area contributed by atoms with Crippen LogP contribution in [0.1, 0.15) is 23.6 Å². The standard InChI is InChI=1S/C10H11ClS2/c1-3-7-6(2)9(11)5-4-8(7)10(12)13/h4-5H,3H2,1-2H3,(H,12,13). The fourth-order valence-corrected chi connectivity index (χ4v) is 1.96. The van der Waals surface area contributed by atoms with Gasteiger partial charge in [0.1, 0.15) is 0 Å². The Hall–Kier alpha value is -0.0500. The van der Waals surface area contributed by atoms with Crippen LogP contribution < -0.4 is 0 Å². The lowest BCUT2D eigenvalue weighted by atomic mass is 10.0. The highest BCUT2D eigenvalue weighted by Crippen LogP contribution is 2.24. The molecule has 0 heterocycles. The van der Waals surface area contributed by atoms with Gasteiger partial charge >= 0.3 is 0 Å². The van der Waals surface area contributed by atoms with Gasteiger partial charge in [-0.1, -0.05) is 36.8 Å². The molecule has 13 heavy (non-hydrogen) atoms. The third-order valence-corrected chi connectivity index (χ3v) is 2.99. The van der Waals surface area contributed by atoms with Gasteiger partial charge in [-0.2, -0.15) is 0 Å². The van der Waals surface area contributed by atoms with E-state index >= 15 is 0 Å². The zero-order valence-corrected chi connectivity index (χ0v) is 10.1. The maximum absolute atomic E-state index is 6.00. The molecule has 0 N–H and O–H groups in total. The third-order valence-electron chi connectivity index (χ3n) is 2.12. The third kappa shape index (κ3) is 2.25. The van der Waals surface area contributed by atoms with Crippen molar-refractivity contribution < 1.29 is 0 Å². The summed E-state index contributed by atoms with van der Waals surface area (Å²) in [4.78, 5) is 0. The number of benzene rings is 1. The molecule has 0 saturated carbocycles. The van der Waals surface area contributed by atoms with Gasteiger partial charge in [0.25, 0.3) is 0 Å². The van der Waals surface area contributed by atoms with Gasteiger partial charge in [-0.3, -0.25) is 0 Å². The first-order chi connectivity index (χ1) is 6.07. The Morgan fingerprint density at radius 3 is 2.62 bits per heavy atom. The van der Waals surface area contributed by atoms with Crippen LogP contribution in [-0.4, -0.2) is 4.20 Å². The number of hydrogen-bond donors (Lipinski definition) is 1. The summed E-state index contributed by atoms with van der Waals surface area (Å²) >= 11 is 15.2. The minimum absolute atomic E-state index is 0.636. The van der Waals surface area contributed by atoms with Crippen LogP contribution in [0, 0.1) is 6.92 Å². The van der Waals surface area contributed by atoms with Crippen molar-refractivity contribution in [3.63, 3.8) is 0 Å². The summed E-state index contributed by atoms with van der Waals surface area (Å²) in [7, 11) is 0. The minimum atomic E-state index is 0.636. The first-order valence-electron chi connectivity index (χ1n) is 4.09. The van der Waals surface area contributed by atoms with Crippen LogP contribution in [0.2, 0.25) is 5.02 Å². The van der Waals surface area contributed by atoms with Crippen LogP contribution >= 0.6 is 36.4 Å². The van der Waals surface area contributed by atoms with Crippen molar-refractivity contribution in [2.75, 3.05) is 0 Å². The molecule has 0 aliphatic carbocycles. The minimum Gasteiger partial charge on any atom is -0.131 e. The van der Waals surface area contributed by atoms with Gasteiger partial charge in [0.05, 0.1) is 4.20 Å². The number of hydrogen-bond acceptors (Lipinski definition) is 1. The fraction of sp³-hybridized carbons (Fsp3) is 0.300. The van der Waals surface area contributed by atoms with Crippen molar-refractivity contribution in [2.45, 2.75) is 20.3 Å². The quantitative estimate of drug-likeness (QED) is 0.596. The van der Waals surface area contributed by atoms with Gasteiger partial charge in [0, 0.05) is 10.6 Å². The molecule has 0 nitrogen and oxygen atoms in total. The Morgan fingerprint density at radius 2 is 2.15 bits per heavy atom. The zero-order valence-electron chi connectivity index (χ0n) is 7.60. The smallest absolute Gasteiger partial charge is 0.0750 e. The summed E-state index contributed by atoms with van der Waals surface area (Å²) in [6.45, 7) is 4.10. The van der Waals surface area contributed by atoms with Crippen molar-refractivity contribution in [2.24, 2.45) is 0 Å². The van der Waals surface area contributed by atoms with Crippen molar-refractivity contribution in [1.29, 1.82) is 0 Å². The highest BCUT2D eigenvalue weighted by molar-refractivity contribution is 8.11. The Morgan fingerprint density at radius 1 is 1.54 bits per heavy atom. The van der Waals surface area contributed by atoms with Gasteiger partial charge in [-0.15, -0.1) is 12.6 Å². The maximum Gasteiger partial charge on any atom is 0.0750 e. The SMILES string of the molecule is CCc1c(C(=S)S)ccc(Cl)c1C. The van der Waals surface area contributed by atoms with E-state index in [9.17, 15) is 0 Å². The molecule has 0 spiro atoms. The molecule has 0 aliphatic heterocycles. The predicted octanol–water partition coefficient (Wildman–Crippen LogP) is 3.82. The van der Waals surface area contributed by atoms with Crippen LogP contribution in [0.15, 0.2) is 12.1 Å². The molecule has 0 amide bonds. The maximum atomic E-state index is 6.00. The van der Waals surface area contributed by atoms with E-state index in [0.717, 1.165) is 22.6 Å². The van der Waals surface area contributed by atoms with E-state index in [1.165, 1.54) is 5.56 Å². The Labute approximate surface area is 94.7 Å². The Bertz CT molecular complexity index is 345. The molecule has 1 aromatic rings. The lowest BCUT2D eigenvalue weighted by Crippen LogP contribution is -1.98. The second-order valence-electron chi connectivity index (χ2n) is 2.86. The van der Waals surface area contributed by atoms with Gasteiger partial charge in [-0.25, -0.2) is 0 Å². The first kappa shape index (κ1) is 11.0. The summed E-state index contributed by atoms with van der Waals surface area (Å²) < 4.78 is 0.636. The van der Waals surface area contributed by atoms with Crippen molar-refractivity contribution >= 4 is 40.6 Å². The molecule has 0 unspecified atom stereocenters. The first-order valence-corrected chi connectivity index (χ1v) is 5.32. The molecule has 1 rings (SSSR count). The van der Waals surface area contributed by atoms with E-state index in [0.29, 0.717) is 4.20 Å². The van der Waals surface area contributed by atoms with Crippen LogP contribution in [0.25, 0.3) is 0 Å². The van der Waals surface area contributed by atoms with Crippen LogP contribution in [0.5, 0.6) is 0 Å². The molecule has 0 fully saturated rings. The van der Waals surface area contributed by atoms with Crippen LogP contribution in [-0.2, 0) is 6.42 Å². The van der Waals surface area contributed by atoms with Crippen LogP contribution in [0.3, 0.4) is 0 Å². The van der Waals surface area contributed by atoms with E-state index in [2.05, 4.69) is 19.6 Å². The molecule has 0 bridgehead atoms. The molecular formula is C10H11ClS2. The molecule has 3 heteroatoms. The largest absolute Gasteiger partial charge is 0.131 e. The molecule has 70 valence electrons. The molecule has 0 atom stereocenters. The highest BCUT2D eigenvalue weighted by atomic mass is 35.5. The molecule has 0 radical (unpaired) electrons. The summed E-state index contributed by atoms with van der Waals surface area (Å²) in [6.07, 6.45) is 0.933. The second kappa shape index (κ2) is 4.45. The van der Waals surface area contributed by atoms with Crippen LogP contribution in [0.4, 0.5) is 0 Å². The highest BCUT2D eigenvalue weighted by Gasteiger charge is 2.08. The van der Waals surface area contributed by atoms with Gasteiger partial charge in [-0.05, 0) is 30.5 Å². The van der Waals surface area contributed by atoms with E-state index < -0.39 is 0 Å². The summed E-state index contributed by atoms with van der Waals surface area (Å²) in [5, 5.41) is 0.796. The Balaban J connectivity index is 3.38. The second-order valence-corrected chi connectivity index (χ2v) is 4.42. The van der Waals surface area contributed by atoms with Crippen molar-refractivity contribution in [1.82, 2.24) is 0 Å². The lowest BCUT2D eigenvalue weighted by molar-refractivity contribution is 1.10. The zero-order chi connectivity index (χ0) is 10.0. The summed E-state index contributed by atoms with van der Waals surface area (Å²) in [5.41, 5.74) is 3.34. The molecule has 0 aromatic heterocycles. The number of halogens is 1. The van der Waals surface area contributed by atoms with E-state index in [-0.39, 0.29) is 0 Å². The summed E-state index contributed by atoms with van der Waals surface area (Å²) in [5.74, 6) is 0. The topological polar surface area (TPSA) is 0 Å². The monoisotopic (exact) mass is 230 g/mol. The fourth-order valence-electron chi connectivity index (χ4n) is 1.38. The number of rotatable bonds is 2. The van der Waals surface area contributed by atoms with Crippen molar-refractivity contribution in [3.8, 4) is 0 Å². The number of thiocarbonyl (C=S) groups is 1. The van der Waals surface area contributed by atoms with E-state index in [1.807, 2.05) is 19.1 Å². The molecule has 0 aliphatic rings.